The van der Waals surface area contributed by atoms with Gasteiger partial charge in [-0.1, -0.05) is 6.07 Å². The Balaban J connectivity index is 1.90. The highest BCUT2D eigenvalue weighted by Crippen LogP contribution is 2.23. The van der Waals surface area contributed by atoms with E-state index in [9.17, 15) is 4.79 Å². The highest BCUT2D eigenvalue weighted by Gasteiger charge is 2.16. The first-order chi connectivity index (χ1) is 10.4. The van der Waals surface area contributed by atoms with Crippen molar-refractivity contribution in [1.29, 1.82) is 0 Å². The molecule has 0 fully saturated rings. The molecule has 0 spiro atoms. The first-order valence-corrected chi connectivity index (χ1v) is 8.26. The summed E-state index contributed by atoms with van der Waals surface area (Å²) < 4.78 is 7.36. The van der Waals surface area contributed by atoms with Crippen molar-refractivity contribution in [2.45, 2.75) is 45.8 Å². The first kappa shape index (κ1) is 16.5. The van der Waals surface area contributed by atoms with Crippen molar-refractivity contribution in [3.05, 3.63) is 40.6 Å². The van der Waals surface area contributed by atoms with Gasteiger partial charge in [0, 0.05) is 29.7 Å². The molecule has 0 aliphatic heterocycles. The number of hydrogen-bond donors (Lipinski definition) is 1. The smallest absolute Gasteiger partial charge is 0.407 e. The summed E-state index contributed by atoms with van der Waals surface area (Å²) in [6.45, 7) is 8.23. The normalized spacial score (nSPS) is 12.9. The van der Waals surface area contributed by atoms with Crippen molar-refractivity contribution in [2.24, 2.45) is 0 Å². The predicted molar refractivity (Wildman–Crippen MR) is 88.3 cm³/mol. The van der Waals surface area contributed by atoms with E-state index in [0.29, 0.717) is 6.54 Å². The predicted octanol–water partition coefficient (Wildman–Crippen LogP) is 3.62. The number of imidazole rings is 1. The highest BCUT2D eigenvalue weighted by atomic mass is 32.1. The SMILES string of the molecule is CC(c1cccs1)n1cncc1CCNC(=O)OC(C)(C)C. The standard InChI is InChI=1S/C16H23N3O2S/c1-12(14-6-5-9-22-14)19-11-17-10-13(19)7-8-18-15(20)21-16(2,3)4/h5-6,9-12H,7-8H2,1-4H3,(H,18,20). The molecule has 0 radical (unpaired) electrons. The average Bonchev–Trinajstić information content (AvgIpc) is 3.07. The molecule has 22 heavy (non-hydrogen) atoms. The fraction of sp³-hybridized carbons (Fsp3) is 0.500. The lowest BCUT2D eigenvalue weighted by molar-refractivity contribution is 0.0528. The number of ether oxygens (including phenoxy) is 1. The number of rotatable bonds is 5. The van der Waals surface area contributed by atoms with E-state index in [4.69, 9.17) is 4.74 Å². The summed E-state index contributed by atoms with van der Waals surface area (Å²) >= 11 is 1.73. The summed E-state index contributed by atoms with van der Waals surface area (Å²) in [5, 5.41) is 4.85. The van der Waals surface area contributed by atoms with Crippen molar-refractivity contribution >= 4 is 17.4 Å². The molecular weight excluding hydrogens is 298 g/mol. The molecule has 2 heterocycles. The van der Waals surface area contributed by atoms with Gasteiger partial charge in [-0.15, -0.1) is 11.3 Å². The number of thiophene rings is 1. The van der Waals surface area contributed by atoms with Crippen LogP contribution in [0.1, 0.15) is 44.3 Å². The zero-order valence-electron chi connectivity index (χ0n) is 13.5. The molecule has 1 N–H and O–H groups in total. The molecule has 0 saturated carbocycles. The molecule has 6 heteroatoms. The molecular formula is C16H23N3O2S. The van der Waals surface area contributed by atoms with Crippen LogP contribution in [0.4, 0.5) is 4.79 Å². The van der Waals surface area contributed by atoms with Crippen molar-refractivity contribution in [3.63, 3.8) is 0 Å². The van der Waals surface area contributed by atoms with Crippen LogP contribution in [0.25, 0.3) is 0 Å². The van der Waals surface area contributed by atoms with Gasteiger partial charge in [-0.3, -0.25) is 0 Å². The van der Waals surface area contributed by atoms with E-state index >= 15 is 0 Å². The number of carbonyl (C=O) groups is 1. The summed E-state index contributed by atoms with van der Waals surface area (Å²) in [5.74, 6) is 0. The Morgan fingerprint density at radius 2 is 2.27 bits per heavy atom. The quantitative estimate of drug-likeness (QED) is 0.915. The van der Waals surface area contributed by atoms with Crippen molar-refractivity contribution in [3.8, 4) is 0 Å². The maximum atomic E-state index is 11.6. The summed E-state index contributed by atoms with van der Waals surface area (Å²) in [7, 11) is 0. The second kappa shape index (κ2) is 6.96. The van der Waals surface area contributed by atoms with Gasteiger partial charge >= 0.3 is 6.09 Å². The lowest BCUT2D eigenvalue weighted by Gasteiger charge is -2.20. The van der Waals surface area contributed by atoms with Crippen LogP contribution in [-0.2, 0) is 11.2 Å². The number of nitrogens with one attached hydrogen (secondary N) is 1. The van der Waals surface area contributed by atoms with Crippen molar-refractivity contribution in [2.75, 3.05) is 6.54 Å². The van der Waals surface area contributed by atoms with Gasteiger partial charge in [-0.05, 0) is 39.1 Å². The minimum absolute atomic E-state index is 0.249. The Morgan fingerprint density at radius 3 is 2.91 bits per heavy atom. The van der Waals surface area contributed by atoms with Gasteiger partial charge in [0.2, 0.25) is 0 Å². The second-order valence-electron chi connectivity index (χ2n) is 6.16. The van der Waals surface area contributed by atoms with E-state index in [1.807, 2.05) is 33.3 Å². The molecule has 0 aliphatic carbocycles. The number of aromatic nitrogens is 2. The third kappa shape index (κ3) is 4.59. The van der Waals surface area contributed by atoms with Gasteiger partial charge in [0.15, 0.2) is 0 Å². The second-order valence-corrected chi connectivity index (χ2v) is 7.14. The summed E-state index contributed by atoms with van der Waals surface area (Å²) in [4.78, 5) is 17.2. The fourth-order valence-corrected chi connectivity index (χ4v) is 2.93. The van der Waals surface area contributed by atoms with E-state index < -0.39 is 5.60 Å². The number of hydrogen-bond acceptors (Lipinski definition) is 4. The zero-order chi connectivity index (χ0) is 16.2. The van der Waals surface area contributed by atoms with Crippen molar-refractivity contribution in [1.82, 2.24) is 14.9 Å². The van der Waals surface area contributed by atoms with E-state index in [-0.39, 0.29) is 12.1 Å². The van der Waals surface area contributed by atoms with E-state index in [1.54, 1.807) is 11.3 Å². The van der Waals surface area contributed by atoms with Gasteiger partial charge in [0.1, 0.15) is 5.60 Å². The maximum Gasteiger partial charge on any atom is 0.407 e. The first-order valence-electron chi connectivity index (χ1n) is 7.38. The van der Waals surface area contributed by atoms with E-state index in [0.717, 1.165) is 12.1 Å². The van der Waals surface area contributed by atoms with Crippen LogP contribution in [0.5, 0.6) is 0 Å². The summed E-state index contributed by atoms with van der Waals surface area (Å²) in [6, 6.07) is 4.42. The fourth-order valence-electron chi connectivity index (χ4n) is 2.15. The molecule has 1 amide bonds. The third-order valence-corrected chi connectivity index (χ3v) is 4.21. The molecule has 1 atom stereocenters. The molecule has 1 unspecified atom stereocenters. The minimum Gasteiger partial charge on any atom is -0.444 e. The van der Waals surface area contributed by atoms with Crippen LogP contribution in [0.15, 0.2) is 30.0 Å². The van der Waals surface area contributed by atoms with Crippen LogP contribution in [0, 0.1) is 0 Å². The highest BCUT2D eigenvalue weighted by molar-refractivity contribution is 7.10. The van der Waals surface area contributed by atoms with Gasteiger partial charge in [0.05, 0.1) is 12.4 Å². The lowest BCUT2D eigenvalue weighted by Crippen LogP contribution is -2.33. The van der Waals surface area contributed by atoms with Crippen LogP contribution >= 0.6 is 11.3 Å². The zero-order valence-corrected chi connectivity index (χ0v) is 14.3. The Bertz CT molecular complexity index is 599. The Labute approximate surface area is 135 Å². The maximum absolute atomic E-state index is 11.6. The van der Waals surface area contributed by atoms with Crippen LogP contribution < -0.4 is 5.32 Å². The van der Waals surface area contributed by atoms with Crippen LogP contribution in [0.2, 0.25) is 0 Å². The van der Waals surface area contributed by atoms with Crippen molar-refractivity contribution < 1.29 is 9.53 Å². The van der Waals surface area contributed by atoms with Gasteiger partial charge in [0.25, 0.3) is 0 Å². The topological polar surface area (TPSA) is 56.2 Å². The molecule has 2 aromatic rings. The number of nitrogens with zero attached hydrogens (tertiary/aromatic N) is 2. The molecule has 0 bridgehead atoms. The molecule has 0 saturated heterocycles. The number of amides is 1. The molecule has 2 rings (SSSR count). The summed E-state index contributed by atoms with van der Waals surface area (Å²) in [5.41, 5.74) is 0.622. The number of carbonyl (C=O) groups excluding carboxylic acids is 1. The Kier molecular flexibility index (Phi) is 5.24. The number of alkyl carbamates (subject to hydrolysis) is 1. The molecule has 5 nitrogen and oxygen atoms in total. The van der Waals surface area contributed by atoms with Crippen LogP contribution in [0.3, 0.4) is 0 Å². The van der Waals surface area contributed by atoms with Gasteiger partial charge in [-0.2, -0.15) is 0 Å². The average molecular weight is 321 g/mol. The largest absolute Gasteiger partial charge is 0.444 e. The van der Waals surface area contributed by atoms with E-state index in [1.165, 1.54) is 4.88 Å². The Morgan fingerprint density at radius 1 is 1.50 bits per heavy atom. The van der Waals surface area contributed by atoms with Gasteiger partial charge in [-0.25, -0.2) is 9.78 Å². The Hall–Kier alpha value is -1.82. The molecule has 120 valence electrons. The monoisotopic (exact) mass is 321 g/mol. The molecule has 0 aliphatic rings. The molecule has 2 aromatic heterocycles. The van der Waals surface area contributed by atoms with Gasteiger partial charge < -0.3 is 14.6 Å². The lowest BCUT2D eigenvalue weighted by atomic mass is 10.2. The van der Waals surface area contributed by atoms with E-state index in [2.05, 4.69) is 39.3 Å². The minimum atomic E-state index is -0.473. The van der Waals surface area contributed by atoms with Crippen LogP contribution in [-0.4, -0.2) is 27.8 Å². The third-order valence-electron chi connectivity index (χ3n) is 3.17. The summed E-state index contributed by atoms with van der Waals surface area (Å²) in [6.07, 6.45) is 4.02. The molecule has 0 aromatic carbocycles.